The molecule has 0 unspecified atom stereocenters. The van der Waals surface area contributed by atoms with Gasteiger partial charge < -0.3 is 30.6 Å². The number of H-pyrrole nitrogens is 1. The van der Waals surface area contributed by atoms with Crippen molar-refractivity contribution in [3.63, 3.8) is 0 Å². The van der Waals surface area contributed by atoms with Gasteiger partial charge in [-0.05, 0) is 30.3 Å². The maximum absolute atomic E-state index is 12.5. The quantitative estimate of drug-likeness (QED) is 0.332. The van der Waals surface area contributed by atoms with Crippen LogP contribution in [0, 0.1) is 0 Å². The number of fused-ring (bicyclic) bond motifs is 1. The molecule has 184 valence electrons. The number of aromatic nitrogens is 5. The first kappa shape index (κ1) is 22.2. The number of carbonyl (C=O) groups excluding carboxylic acids is 1. The minimum atomic E-state index is -0.373. The summed E-state index contributed by atoms with van der Waals surface area (Å²) < 4.78 is 5.45. The average Bonchev–Trinajstić information content (AvgIpc) is 3.32. The van der Waals surface area contributed by atoms with Crippen molar-refractivity contribution < 1.29 is 9.53 Å². The second-order valence-corrected chi connectivity index (χ2v) is 8.80. The Balaban J connectivity index is 1.13. The molecule has 36 heavy (non-hydrogen) atoms. The molecule has 2 saturated heterocycles. The summed E-state index contributed by atoms with van der Waals surface area (Å²) in [7, 11) is 0. The first-order chi connectivity index (χ1) is 17.6. The SMILES string of the molecule is NC1CN(c2ccnc(NC(=O)Nc3ccc(-c4nc5ncnc(N6CCOCC6)c5[nH]4)cc3)c2)C1. The zero-order chi connectivity index (χ0) is 24.5. The number of hydrogen-bond donors (Lipinski definition) is 4. The van der Waals surface area contributed by atoms with Gasteiger partial charge in [0.05, 0.1) is 13.2 Å². The summed E-state index contributed by atoms with van der Waals surface area (Å²) in [5.41, 5.74) is 9.77. The summed E-state index contributed by atoms with van der Waals surface area (Å²) in [6.07, 6.45) is 3.21. The minimum Gasteiger partial charge on any atom is -0.378 e. The summed E-state index contributed by atoms with van der Waals surface area (Å²) in [6, 6.07) is 11.0. The topological polar surface area (TPSA) is 150 Å². The van der Waals surface area contributed by atoms with Crippen LogP contribution >= 0.6 is 0 Å². The third kappa shape index (κ3) is 4.51. The first-order valence-electron chi connectivity index (χ1n) is 11.8. The highest BCUT2D eigenvalue weighted by Crippen LogP contribution is 2.27. The molecule has 0 radical (unpaired) electrons. The lowest BCUT2D eigenvalue weighted by atomic mass is 10.1. The van der Waals surface area contributed by atoms with Gasteiger partial charge in [0.1, 0.15) is 23.5 Å². The largest absolute Gasteiger partial charge is 0.378 e. The maximum atomic E-state index is 12.5. The number of nitrogens with zero attached hydrogens (tertiary/aromatic N) is 6. The Bertz CT molecular complexity index is 1380. The van der Waals surface area contributed by atoms with Crippen LogP contribution in [-0.2, 0) is 4.74 Å². The molecule has 2 fully saturated rings. The van der Waals surface area contributed by atoms with Gasteiger partial charge in [0.2, 0.25) is 0 Å². The fourth-order valence-corrected chi connectivity index (χ4v) is 4.37. The molecular formula is C24H26N10O2. The standard InChI is InChI=1S/C24H26N10O2/c25-16-12-34(13-16)18-5-6-26-19(11-18)30-24(35)29-17-3-1-15(2-4-17)21-31-20-22(32-21)27-14-28-23(20)33-7-9-36-10-8-33/h1-6,11,14,16H,7-10,12-13,25H2,(H2,26,29,30,35)(H,27,28,31,32). The van der Waals surface area contributed by atoms with Crippen molar-refractivity contribution in [2.24, 2.45) is 5.73 Å². The van der Waals surface area contributed by atoms with Crippen LogP contribution in [0.15, 0.2) is 48.9 Å². The number of nitrogens with one attached hydrogen (secondary N) is 3. The van der Waals surface area contributed by atoms with Gasteiger partial charge in [0.15, 0.2) is 11.5 Å². The molecule has 5 heterocycles. The number of hydrogen-bond acceptors (Lipinski definition) is 9. The second-order valence-electron chi connectivity index (χ2n) is 8.80. The van der Waals surface area contributed by atoms with Crippen molar-refractivity contribution in [3.8, 4) is 11.4 Å². The first-order valence-corrected chi connectivity index (χ1v) is 11.8. The summed E-state index contributed by atoms with van der Waals surface area (Å²) >= 11 is 0. The van der Waals surface area contributed by atoms with E-state index in [1.54, 1.807) is 6.20 Å². The van der Waals surface area contributed by atoms with Gasteiger partial charge in [-0.1, -0.05) is 0 Å². The Morgan fingerprint density at radius 1 is 1.03 bits per heavy atom. The van der Waals surface area contributed by atoms with Gasteiger partial charge in [0.25, 0.3) is 0 Å². The lowest BCUT2D eigenvalue weighted by Crippen LogP contribution is -2.55. The number of pyridine rings is 1. The zero-order valence-corrected chi connectivity index (χ0v) is 19.5. The van der Waals surface area contributed by atoms with Gasteiger partial charge in [-0.15, -0.1) is 0 Å². The van der Waals surface area contributed by atoms with Crippen LogP contribution in [0.5, 0.6) is 0 Å². The second kappa shape index (κ2) is 9.40. The summed E-state index contributed by atoms with van der Waals surface area (Å²) in [5.74, 6) is 1.98. The van der Waals surface area contributed by atoms with E-state index < -0.39 is 0 Å². The van der Waals surface area contributed by atoms with Crippen LogP contribution in [0.25, 0.3) is 22.6 Å². The normalized spacial score (nSPS) is 16.1. The highest BCUT2D eigenvalue weighted by atomic mass is 16.5. The van der Waals surface area contributed by atoms with Gasteiger partial charge in [-0.25, -0.2) is 24.7 Å². The number of morpholine rings is 1. The number of ether oxygens (including phenoxy) is 1. The van der Waals surface area contributed by atoms with Crippen molar-refractivity contribution in [1.29, 1.82) is 0 Å². The lowest BCUT2D eigenvalue weighted by molar-refractivity contribution is 0.122. The molecule has 2 amide bonds. The molecule has 6 rings (SSSR count). The van der Waals surface area contributed by atoms with Crippen molar-refractivity contribution in [1.82, 2.24) is 24.9 Å². The van der Waals surface area contributed by atoms with Crippen LogP contribution < -0.4 is 26.2 Å². The highest BCUT2D eigenvalue weighted by molar-refractivity contribution is 5.99. The van der Waals surface area contributed by atoms with Gasteiger partial charge in [0, 0.05) is 61.4 Å². The van der Waals surface area contributed by atoms with E-state index in [1.807, 2.05) is 36.4 Å². The molecule has 0 bridgehead atoms. The smallest absolute Gasteiger partial charge is 0.324 e. The molecule has 4 aromatic rings. The molecule has 2 aliphatic heterocycles. The monoisotopic (exact) mass is 486 g/mol. The van der Waals surface area contributed by atoms with Crippen LogP contribution in [-0.4, -0.2) is 76.4 Å². The molecule has 3 aromatic heterocycles. The van der Waals surface area contributed by atoms with E-state index in [9.17, 15) is 4.79 Å². The molecular weight excluding hydrogens is 460 g/mol. The number of rotatable bonds is 5. The Hall–Kier alpha value is -4.29. The van der Waals surface area contributed by atoms with Crippen molar-refractivity contribution in [3.05, 3.63) is 48.9 Å². The van der Waals surface area contributed by atoms with Crippen molar-refractivity contribution in [2.45, 2.75) is 6.04 Å². The van der Waals surface area contributed by atoms with Crippen LogP contribution in [0.1, 0.15) is 0 Å². The number of aromatic amines is 1. The van der Waals surface area contributed by atoms with E-state index in [2.05, 4.69) is 45.4 Å². The summed E-state index contributed by atoms with van der Waals surface area (Å²) in [6.45, 7) is 4.49. The van der Waals surface area contributed by atoms with E-state index in [0.717, 1.165) is 48.8 Å². The number of amides is 2. The predicted octanol–water partition coefficient (Wildman–Crippen LogP) is 2.04. The van der Waals surface area contributed by atoms with Gasteiger partial charge in [-0.2, -0.15) is 0 Å². The predicted molar refractivity (Wildman–Crippen MR) is 137 cm³/mol. The maximum Gasteiger partial charge on any atom is 0.324 e. The van der Waals surface area contributed by atoms with E-state index in [1.165, 1.54) is 6.33 Å². The number of carbonyl (C=O) groups is 1. The molecule has 1 aromatic carbocycles. The molecule has 0 atom stereocenters. The summed E-state index contributed by atoms with van der Waals surface area (Å²) in [4.78, 5) is 37.8. The van der Waals surface area contributed by atoms with Gasteiger partial charge in [-0.3, -0.25) is 5.32 Å². The third-order valence-electron chi connectivity index (χ3n) is 6.26. The number of imidazole rings is 1. The third-order valence-corrected chi connectivity index (χ3v) is 6.26. The fourth-order valence-electron chi connectivity index (χ4n) is 4.37. The van der Waals surface area contributed by atoms with Crippen LogP contribution in [0.4, 0.5) is 27.8 Å². The summed E-state index contributed by atoms with van der Waals surface area (Å²) in [5, 5.41) is 5.62. The number of nitrogens with two attached hydrogens (primary N) is 1. The minimum absolute atomic E-state index is 0.195. The lowest BCUT2D eigenvalue weighted by Gasteiger charge is -2.38. The molecule has 2 aliphatic rings. The van der Waals surface area contributed by atoms with Crippen molar-refractivity contribution >= 4 is 40.2 Å². The van der Waals surface area contributed by atoms with E-state index >= 15 is 0 Å². The fraction of sp³-hybridized carbons (Fsp3) is 0.292. The van der Waals surface area contributed by atoms with Crippen molar-refractivity contribution in [2.75, 3.05) is 59.8 Å². The molecule has 5 N–H and O–H groups in total. The van der Waals surface area contributed by atoms with Crippen LogP contribution in [0.2, 0.25) is 0 Å². The number of urea groups is 1. The van der Waals surface area contributed by atoms with E-state index in [-0.39, 0.29) is 12.1 Å². The highest BCUT2D eigenvalue weighted by Gasteiger charge is 2.23. The Morgan fingerprint density at radius 2 is 1.83 bits per heavy atom. The van der Waals surface area contributed by atoms with Gasteiger partial charge >= 0.3 is 6.03 Å². The van der Waals surface area contributed by atoms with E-state index in [0.29, 0.717) is 36.2 Å². The Kier molecular flexibility index (Phi) is 5.79. The molecule has 0 spiro atoms. The Labute approximate surface area is 206 Å². The Morgan fingerprint density at radius 3 is 2.61 bits per heavy atom. The molecule has 0 aliphatic carbocycles. The molecule has 12 heteroatoms. The number of benzene rings is 1. The molecule has 0 saturated carbocycles. The average molecular weight is 487 g/mol. The van der Waals surface area contributed by atoms with E-state index in [4.69, 9.17) is 10.5 Å². The zero-order valence-electron chi connectivity index (χ0n) is 19.5. The molecule has 12 nitrogen and oxygen atoms in total. The number of anilines is 4. The van der Waals surface area contributed by atoms with Crippen LogP contribution in [0.3, 0.4) is 0 Å².